The van der Waals surface area contributed by atoms with Gasteiger partial charge < -0.3 is 9.64 Å². The Hall–Kier alpha value is -2.67. The number of sulfonamides is 1. The smallest absolute Gasteiger partial charge is 0.337 e. The number of aromatic nitrogens is 1. The van der Waals surface area contributed by atoms with E-state index in [1.54, 1.807) is 18.3 Å². The second kappa shape index (κ2) is 8.14. The van der Waals surface area contributed by atoms with E-state index >= 15 is 0 Å². The Balaban J connectivity index is 1.76. The lowest BCUT2D eigenvalue weighted by Gasteiger charge is -2.34. The highest BCUT2D eigenvalue weighted by Gasteiger charge is 2.31. The van der Waals surface area contributed by atoms with E-state index in [4.69, 9.17) is 16.9 Å². The quantitative estimate of drug-likeness (QED) is 0.696. The lowest BCUT2D eigenvalue weighted by atomic mass is 10.2. The van der Waals surface area contributed by atoms with Crippen LogP contribution in [-0.4, -0.2) is 57.0 Å². The first-order chi connectivity index (χ1) is 13.4. The van der Waals surface area contributed by atoms with Gasteiger partial charge in [0.25, 0.3) is 0 Å². The van der Waals surface area contributed by atoms with E-state index in [2.05, 4.69) is 15.8 Å². The molecule has 1 fully saturated rings. The van der Waals surface area contributed by atoms with Crippen LogP contribution in [0, 0.1) is 11.3 Å². The summed E-state index contributed by atoms with van der Waals surface area (Å²) in [5.41, 5.74) is 0.678. The lowest BCUT2D eigenvalue weighted by Crippen LogP contribution is -2.49. The number of pyridine rings is 1. The van der Waals surface area contributed by atoms with Gasteiger partial charge in [0.05, 0.1) is 29.3 Å². The monoisotopic (exact) mass is 420 g/mol. The fourth-order valence-corrected chi connectivity index (χ4v) is 4.85. The summed E-state index contributed by atoms with van der Waals surface area (Å²) < 4.78 is 31.9. The molecule has 0 amide bonds. The molecule has 0 unspecified atom stereocenters. The highest BCUT2D eigenvalue weighted by Crippen LogP contribution is 2.27. The molecular weight excluding hydrogens is 404 g/mol. The van der Waals surface area contributed by atoms with Gasteiger partial charge in [-0.25, -0.2) is 18.2 Å². The minimum Gasteiger partial charge on any atom is -0.465 e. The fourth-order valence-electron chi connectivity index (χ4n) is 2.91. The average molecular weight is 421 g/mol. The number of rotatable bonds is 4. The van der Waals surface area contributed by atoms with E-state index in [-0.39, 0.29) is 28.6 Å². The number of nitrogens with zero attached hydrogens (tertiary/aromatic N) is 4. The number of hydrogen-bond acceptors (Lipinski definition) is 7. The Bertz CT molecular complexity index is 1040. The number of hydrogen-bond donors (Lipinski definition) is 0. The Morgan fingerprint density at radius 1 is 1.21 bits per heavy atom. The molecule has 1 aromatic carbocycles. The van der Waals surface area contributed by atoms with Crippen molar-refractivity contribution in [3.8, 4) is 6.07 Å². The molecule has 28 heavy (non-hydrogen) atoms. The Morgan fingerprint density at radius 3 is 2.54 bits per heavy atom. The molecule has 8 nitrogen and oxygen atoms in total. The van der Waals surface area contributed by atoms with E-state index in [1.807, 2.05) is 4.90 Å². The SMILES string of the molecule is COC(=O)c1ccc(S(=O)(=O)N2CCN(c3cc(C#N)ccn3)CC2)c(Cl)c1. The van der Waals surface area contributed by atoms with Gasteiger partial charge >= 0.3 is 5.97 Å². The third-order valence-electron chi connectivity index (χ3n) is 4.41. The van der Waals surface area contributed by atoms with E-state index in [1.165, 1.54) is 29.6 Å². The standard InChI is InChI=1S/C18H17ClN4O4S/c1-27-18(24)14-2-3-16(15(19)11-14)28(25,26)23-8-6-22(7-9-23)17-10-13(12-20)4-5-21-17/h2-5,10-11H,6-9H2,1H3. The summed E-state index contributed by atoms with van der Waals surface area (Å²) in [6, 6.07) is 9.32. The topological polar surface area (TPSA) is 104 Å². The maximum atomic E-state index is 13.0. The third-order valence-corrected chi connectivity index (χ3v) is 6.79. The molecule has 1 saturated heterocycles. The van der Waals surface area contributed by atoms with Crippen molar-refractivity contribution in [2.75, 3.05) is 38.2 Å². The molecule has 0 aliphatic carbocycles. The van der Waals surface area contributed by atoms with Crippen LogP contribution in [0.15, 0.2) is 41.4 Å². The second-order valence-electron chi connectivity index (χ2n) is 6.04. The van der Waals surface area contributed by atoms with Gasteiger partial charge in [0.15, 0.2) is 0 Å². The molecule has 146 valence electrons. The van der Waals surface area contributed by atoms with Crippen LogP contribution in [0.25, 0.3) is 0 Å². The molecular formula is C18H17ClN4O4S. The molecule has 0 spiro atoms. The summed E-state index contributed by atoms with van der Waals surface area (Å²) in [5.74, 6) is 0.0446. The van der Waals surface area contributed by atoms with Crippen molar-refractivity contribution in [3.63, 3.8) is 0 Å². The van der Waals surface area contributed by atoms with Gasteiger partial charge in [0, 0.05) is 32.4 Å². The number of esters is 1. The van der Waals surface area contributed by atoms with Gasteiger partial charge in [-0.1, -0.05) is 11.6 Å². The minimum atomic E-state index is -3.81. The number of halogens is 1. The maximum absolute atomic E-state index is 13.0. The van der Waals surface area contributed by atoms with Gasteiger partial charge in [0.1, 0.15) is 10.7 Å². The van der Waals surface area contributed by atoms with Crippen molar-refractivity contribution in [2.45, 2.75) is 4.90 Å². The second-order valence-corrected chi connectivity index (χ2v) is 8.36. The first-order valence-corrected chi connectivity index (χ1v) is 10.2. The molecule has 10 heteroatoms. The predicted molar refractivity (Wildman–Crippen MR) is 103 cm³/mol. The van der Waals surface area contributed by atoms with Crippen molar-refractivity contribution < 1.29 is 17.9 Å². The van der Waals surface area contributed by atoms with Crippen LogP contribution in [0.4, 0.5) is 5.82 Å². The molecule has 1 aliphatic rings. The van der Waals surface area contributed by atoms with E-state index in [9.17, 15) is 13.2 Å². The molecule has 2 aromatic rings. The number of benzene rings is 1. The van der Waals surface area contributed by atoms with Crippen molar-refractivity contribution in [1.82, 2.24) is 9.29 Å². The molecule has 1 aliphatic heterocycles. The fraction of sp³-hybridized carbons (Fsp3) is 0.278. The first-order valence-electron chi connectivity index (χ1n) is 8.36. The molecule has 0 radical (unpaired) electrons. The van der Waals surface area contributed by atoms with Gasteiger partial charge in [-0.05, 0) is 30.3 Å². The van der Waals surface area contributed by atoms with Crippen LogP contribution in [-0.2, 0) is 14.8 Å². The van der Waals surface area contributed by atoms with Crippen molar-refractivity contribution >= 4 is 33.4 Å². The van der Waals surface area contributed by atoms with Crippen LogP contribution in [0.2, 0.25) is 5.02 Å². The Kier molecular flexibility index (Phi) is 5.84. The summed E-state index contributed by atoms with van der Waals surface area (Å²) in [6.07, 6.45) is 1.56. The van der Waals surface area contributed by atoms with Crippen LogP contribution >= 0.6 is 11.6 Å². The molecule has 1 aromatic heterocycles. The maximum Gasteiger partial charge on any atom is 0.337 e. The lowest BCUT2D eigenvalue weighted by molar-refractivity contribution is 0.0600. The van der Waals surface area contributed by atoms with E-state index in [0.29, 0.717) is 24.5 Å². The van der Waals surface area contributed by atoms with Gasteiger partial charge in [-0.2, -0.15) is 9.57 Å². The van der Waals surface area contributed by atoms with Crippen LogP contribution in [0.1, 0.15) is 15.9 Å². The summed E-state index contributed by atoms with van der Waals surface area (Å²) in [5, 5.41) is 8.97. The number of carbonyl (C=O) groups is 1. The number of piperazine rings is 1. The van der Waals surface area contributed by atoms with Gasteiger partial charge in [0.2, 0.25) is 10.0 Å². The average Bonchev–Trinajstić information content (AvgIpc) is 2.73. The van der Waals surface area contributed by atoms with Crippen molar-refractivity contribution in [1.29, 1.82) is 5.26 Å². The zero-order valence-corrected chi connectivity index (χ0v) is 16.6. The Labute approximate surface area is 168 Å². The van der Waals surface area contributed by atoms with Gasteiger partial charge in [-0.15, -0.1) is 0 Å². The van der Waals surface area contributed by atoms with E-state index < -0.39 is 16.0 Å². The number of methoxy groups -OCH3 is 1. The molecule has 0 N–H and O–H groups in total. The number of nitriles is 1. The molecule has 0 atom stereocenters. The van der Waals surface area contributed by atoms with Crippen molar-refractivity contribution in [3.05, 3.63) is 52.7 Å². The summed E-state index contributed by atoms with van der Waals surface area (Å²) in [6.45, 7) is 1.35. The number of carbonyl (C=O) groups excluding carboxylic acids is 1. The number of anilines is 1. The van der Waals surface area contributed by atoms with Crippen molar-refractivity contribution in [2.24, 2.45) is 0 Å². The summed E-state index contributed by atoms with van der Waals surface area (Å²) in [4.78, 5) is 17.7. The predicted octanol–water partition coefficient (Wildman–Crippen LogP) is 1.90. The van der Waals surface area contributed by atoms with Crippen LogP contribution < -0.4 is 4.90 Å². The molecule has 2 heterocycles. The highest BCUT2D eigenvalue weighted by molar-refractivity contribution is 7.89. The largest absolute Gasteiger partial charge is 0.465 e. The minimum absolute atomic E-state index is 0.0336. The van der Waals surface area contributed by atoms with Crippen LogP contribution in [0.3, 0.4) is 0 Å². The molecule has 0 bridgehead atoms. The van der Waals surface area contributed by atoms with E-state index in [0.717, 1.165) is 0 Å². The number of ether oxygens (including phenoxy) is 1. The van der Waals surface area contributed by atoms with Crippen LogP contribution in [0.5, 0.6) is 0 Å². The third kappa shape index (κ3) is 3.94. The summed E-state index contributed by atoms with van der Waals surface area (Å²) in [7, 11) is -2.57. The Morgan fingerprint density at radius 2 is 1.93 bits per heavy atom. The zero-order valence-electron chi connectivity index (χ0n) is 15.0. The highest BCUT2D eigenvalue weighted by atomic mass is 35.5. The van der Waals surface area contributed by atoms with Gasteiger partial charge in [-0.3, -0.25) is 0 Å². The molecule has 3 rings (SSSR count). The zero-order chi connectivity index (χ0) is 20.3. The summed E-state index contributed by atoms with van der Waals surface area (Å²) >= 11 is 6.13. The first kappa shape index (κ1) is 20.1. The molecule has 0 saturated carbocycles. The normalized spacial score (nSPS) is 15.1.